The van der Waals surface area contributed by atoms with Gasteiger partial charge in [0.15, 0.2) is 23.0 Å². The highest BCUT2D eigenvalue weighted by Crippen LogP contribution is 2.42. The van der Waals surface area contributed by atoms with Gasteiger partial charge in [0.25, 0.3) is 11.5 Å². The lowest BCUT2D eigenvalue weighted by Gasteiger charge is -2.27. The molecule has 2 N–H and O–H groups in total. The minimum absolute atomic E-state index is 0.0720. The molecular formula is C25H19F2N5O4. The molecule has 9 nitrogen and oxygen atoms in total. The van der Waals surface area contributed by atoms with Crippen LogP contribution in [0.3, 0.4) is 0 Å². The van der Waals surface area contributed by atoms with E-state index in [1.807, 2.05) is 0 Å². The fourth-order valence-electron chi connectivity index (χ4n) is 4.07. The standard InChI is InChI=1S/C25H19F2N5O4/c1-13(20(14-8-9-17(26)18(27)10-14)16-6-4-5-7-19(16)28-2)23-31-21(22(33)25(35)32(23)3)24(34)30-15-11-29-36-12-15/h4-13,20,33H,1,3H3,(H,30,34)/t13-,20-/m0/s1. The average molecular weight is 491 g/mol. The zero-order chi connectivity index (χ0) is 26.0. The molecule has 0 spiro atoms. The van der Waals surface area contributed by atoms with E-state index in [1.54, 1.807) is 31.2 Å². The third-order valence-electron chi connectivity index (χ3n) is 5.81. The number of rotatable bonds is 6. The van der Waals surface area contributed by atoms with Crippen LogP contribution in [0.25, 0.3) is 4.85 Å². The predicted molar refractivity (Wildman–Crippen MR) is 125 cm³/mol. The van der Waals surface area contributed by atoms with Gasteiger partial charge >= 0.3 is 0 Å². The van der Waals surface area contributed by atoms with Gasteiger partial charge in [-0.3, -0.25) is 14.2 Å². The van der Waals surface area contributed by atoms with Gasteiger partial charge in [0, 0.05) is 18.9 Å². The van der Waals surface area contributed by atoms with E-state index in [9.17, 15) is 23.5 Å². The number of hydrogen-bond donors (Lipinski definition) is 2. The zero-order valence-corrected chi connectivity index (χ0v) is 19.1. The van der Waals surface area contributed by atoms with Gasteiger partial charge in [0.1, 0.15) is 17.8 Å². The van der Waals surface area contributed by atoms with Gasteiger partial charge in [-0.25, -0.2) is 18.6 Å². The van der Waals surface area contributed by atoms with Crippen molar-refractivity contribution >= 4 is 17.3 Å². The fourth-order valence-corrected chi connectivity index (χ4v) is 4.07. The van der Waals surface area contributed by atoms with E-state index in [1.165, 1.54) is 19.3 Å². The van der Waals surface area contributed by atoms with Crippen LogP contribution in [0.1, 0.15) is 46.2 Å². The molecule has 0 aliphatic heterocycles. The van der Waals surface area contributed by atoms with Crippen molar-refractivity contribution in [3.8, 4) is 5.75 Å². The molecule has 36 heavy (non-hydrogen) atoms. The van der Waals surface area contributed by atoms with E-state index in [2.05, 4.69) is 24.8 Å². The number of amides is 1. The van der Waals surface area contributed by atoms with Crippen molar-refractivity contribution in [2.45, 2.75) is 18.8 Å². The molecule has 182 valence electrons. The predicted octanol–water partition coefficient (Wildman–Crippen LogP) is 4.49. The minimum atomic E-state index is -1.08. The molecule has 11 heteroatoms. The van der Waals surface area contributed by atoms with Crippen LogP contribution in [-0.2, 0) is 7.05 Å². The molecule has 2 heterocycles. The minimum Gasteiger partial charge on any atom is -0.501 e. The van der Waals surface area contributed by atoms with Crippen LogP contribution < -0.4 is 10.9 Å². The Hall–Kier alpha value is -4.85. The summed E-state index contributed by atoms with van der Waals surface area (Å²) in [6.07, 6.45) is 2.37. The number of nitrogens with zero attached hydrogens (tertiary/aromatic N) is 4. The number of aromatic hydroxyl groups is 1. The Bertz CT molecular complexity index is 1540. The molecule has 0 saturated carbocycles. The van der Waals surface area contributed by atoms with Crippen molar-refractivity contribution < 1.29 is 23.2 Å². The highest BCUT2D eigenvalue weighted by molar-refractivity contribution is 6.04. The third kappa shape index (κ3) is 4.44. The Morgan fingerprint density at radius 2 is 1.97 bits per heavy atom. The summed E-state index contributed by atoms with van der Waals surface area (Å²) in [4.78, 5) is 33.5. The van der Waals surface area contributed by atoms with E-state index < -0.39 is 46.4 Å². The lowest BCUT2D eigenvalue weighted by molar-refractivity contribution is 0.101. The summed E-state index contributed by atoms with van der Waals surface area (Å²) in [6.45, 7) is 9.25. The first kappa shape index (κ1) is 24.3. The van der Waals surface area contributed by atoms with Gasteiger partial charge in [-0.15, -0.1) is 0 Å². The largest absolute Gasteiger partial charge is 0.501 e. The van der Waals surface area contributed by atoms with Gasteiger partial charge in [-0.05, 0) is 23.3 Å². The first-order valence-electron chi connectivity index (χ1n) is 10.6. The summed E-state index contributed by atoms with van der Waals surface area (Å²) in [6, 6.07) is 10.0. The topological polar surface area (TPSA) is 115 Å². The van der Waals surface area contributed by atoms with E-state index in [-0.39, 0.29) is 17.2 Å². The Morgan fingerprint density at radius 1 is 1.22 bits per heavy atom. The molecule has 2 aromatic carbocycles. The third-order valence-corrected chi connectivity index (χ3v) is 5.81. The number of aromatic nitrogens is 3. The number of benzene rings is 2. The van der Waals surface area contributed by atoms with Crippen molar-refractivity contribution in [2.75, 3.05) is 5.32 Å². The second-order valence-corrected chi connectivity index (χ2v) is 8.01. The van der Waals surface area contributed by atoms with Crippen LogP contribution in [0.5, 0.6) is 5.75 Å². The smallest absolute Gasteiger partial charge is 0.296 e. The number of halogens is 2. The number of carbonyl (C=O) groups is 1. The maximum atomic E-state index is 14.2. The lowest BCUT2D eigenvalue weighted by atomic mass is 9.80. The van der Waals surface area contributed by atoms with Crippen LogP contribution in [0.15, 0.2) is 64.2 Å². The van der Waals surface area contributed by atoms with Crippen molar-refractivity contribution in [3.05, 3.63) is 111 Å². The molecule has 0 fully saturated rings. The highest BCUT2D eigenvalue weighted by Gasteiger charge is 2.31. The first-order valence-corrected chi connectivity index (χ1v) is 10.6. The SMILES string of the molecule is [C-]#[N+]c1ccccc1[C@H](c1ccc(F)c(F)c1)[C@H](C)c1nc(C(=O)Nc2cnoc2)c(O)c(=O)n1C. The van der Waals surface area contributed by atoms with Gasteiger partial charge in [0.05, 0.1) is 12.8 Å². The molecule has 0 aliphatic rings. The molecule has 0 bridgehead atoms. The molecule has 4 rings (SSSR count). The Kier molecular flexibility index (Phi) is 6.60. The molecule has 0 radical (unpaired) electrons. The summed E-state index contributed by atoms with van der Waals surface area (Å²) in [5.41, 5.74) is -0.150. The molecular weight excluding hydrogens is 472 g/mol. The second kappa shape index (κ2) is 9.79. The molecule has 0 saturated heterocycles. The highest BCUT2D eigenvalue weighted by atomic mass is 19.2. The normalized spacial score (nSPS) is 12.5. The number of hydrogen-bond acceptors (Lipinski definition) is 6. The number of anilines is 1. The molecule has 1 amide bonds. The Morgan fingerprint density at radius 3 is 2.64 bits per heavy atom. The number of carbonyl (C=O) groups excluding carboxylic acids is 1. The van der Waals surface area contributed by atoms with Crippen molar-refractivity contribution in [2.24, 2.45) is 7.05 Å². The molecule has 4 aromatic rings. The van der Waals surface area contributed by atoms with Gasteiger partial charge in [-0.1, -0.05) is 42.4 Å². The van der Waals surface area contributed by atoms with E-state index in [0.29, 0.717) is 11.1 Å². The van der Waals surface area contributed by atoms with Gasteiger partial charge in [0.2, 0.25) is 5.75 Å². The van der Waals surface area contributed by atoms with Crippen LogP contribution in [0, 0.1) is 18.2 Å². The Balaban J connectivity index is 1.89. The molecule has 0 aliphatic carbocycles. The monoisotopic (exact) mass is 491 g/mol. The van der Waals surface area contributed by atoms with Gasteiger partial charge in [-0.2, -0.15) is 0 Å². The maximum Gasteiger partial charge on any atom is 0.296 e. The summed E-state index contributed by atoms with van der Waals surface area (Å²) in [7, 11) is 1.37. The summed E-state index contributed by atoms with van der Waals surface area (Å²) < 4.78 is 33.7. The van der Waals surface area contributed by atoms with Crippen LogP contribution in [0.4, 0.5) is 20.2 Å². The zero-order valence-electron chi connectivity index (χ0n) is 19.1. The van der Waals surface area contributed by atoms with E-state index >= 15 is 0 Å². The van der Waals surface area contributed by atoms with Crippen LogP contribution >= 0.6 is 0 Å². The maximum absolute atomic E-state index is 14.2. The Labute approximate surface area is 203 Å². The summed E-state index contributed by atoms with van der Waals surface area (Å²) in [5.74, 6) is -5.29. The molecule has 2 aromatic heterocycles. The van der Waals surface area contributed by atoms with Crippen molar-refractivity contribution in [1.82, 2.24) is 14.7 Å². The quantitative estimate of drug-likeness (QED) is 0.384. The van der Waals surface area contributed by atoms with Crippen LogP contribution in [0.2, 0.25) is 0 Å². The summed E-state index contributed by atoms with van der Waals surface area (Å²) >= 11 is 0. The first-order chi connectivity index (χ1) is 17.2. The average Bonchev–Trinajstić information content (AvgIpc) is 3.38. The van der Waals surface area contributed by atoms with Crippen molar-refractivity contribution in [3.63, 3.8) is 0 Å². The lowest BCUT2D eigenvalue weighted by Crippen LogP contribution is -2.29. The second-order valence-electron chi connectivity index (χ2n) is 8.01. The molecule has 2 atom stereocenters. The van der Waals surface area contributed by atoms with Gasteiger partial charge < -0.3 is 14.9 Å². The fraction of sp³-hybridized carbons (Fsp3) is 0.160. The van der Waals surface area contributed by atoms with E-state index in [4.69, 9.17) is 6.57 Å². The molecule has 0 unspecified atom stereocenters. The van der Waals surface area contributed by atoms with Crippen LogP contribution in [-0.4, -0.2) is 25.7 Å². The number of nitrogens with one attached hydrogen (secondary N) is 1. The summed E-state index contributed by atoms with van der Waals surface area (Å²) in [5, 5.41) is 16.3. The van der Waals surface area contributed by atoms with E-state index in [0.717, 1.165) is 23.0 Å². The van der Waals surface area contributed by atoms with Crippen molar-refractivity contribution in [1.29, 1.82) is 0 Å². The number of para-hydroxylation sites is 1.